The van der Waals surface area contributed by atoms with Crippen molar-refractivity contribution in [3.05, 3.63) is 0 Å². The van der Waals surface area contributed by atoms with E-state index in [9.17, 15) is 4.79 Å². The second-order valence-corrected chi connectivity index (χ2v) is 4.63. The van der Waals surface area contributed by atoms with E-state index in [1.165, 1.54) is 0 Å². The monoisotopic (exact) mass is 199 g/mol. The van der Waals surface area contributed by atoms with Gasteiger partial charge in [0.2, 0.25) is 0 Å². The third-order valence-electron chi connectivity index (χ3n) is 2.44. The van der Waals surface area contributed by atoms with Crippen LogP contribution in [0.15, 0.2) is 0 Å². The van der Waals surface area contributed by atoms with Gasteiger partial charge in [0, 0.05) is 25.6 Å². The number of nitrogens with zero attached hydrogens (tertiary/aromatic N) is 1. The van der Waals surface area contributed by atoms with E-state index in [0.29, 0.717) is 18.6 Å². The van der Waals surface area contributed by atoms with Crippen LogP contribution in [0, 0.1) is 5.92 Å². The summed E-state index contributed by atoms with van der Waals surface area (Å²) in [4.78, 5) is 13.7. The molecule has 0 N–H and O–H groups in total. The minimum Gasteiger partial charge on any atom is -0.368 e. The Balaban J connectivity index is 2.40. The topological polar surface area (TPSA) is 29.5 Å². The minimum atomic E-state index is -0.181. The average Bonchev–Trinajstić information content (AvgIpc) is 2.43. The maximum atomic E-state index is 11.8. The molecule has 1 amide bonds. The zero-order valence-electron chi connectivity index (χ0n) is 9.62. The number of carbonyl (C=O) groups is 1. The van der Waals surface area contributed by atoms with E-state index in [2.05, 4.69) is 13.8 Å². The Bertz CT molecular complexity index is 201. The molecule has 3 heteroatoms. The lowest BCUT2D eigenvalue weighted by atomic mass is 10.2. The van der Waals surface area contributed by atoms with Crippen LogP contribution in [0.5, 0.6) is 0 Å². The van der Waals surface area contributed by atoms with E-state index in [1.54, 1.807) is 0 Å². The van der Waals surface area contributed by atoms with E-state index >= 15 is 0 Å². The summed E-state index contributed by atoms with van der Waals surface area (Å²) in [5, 5.41) is 0. The standard InChI is InChI=1S/C11H21NO2/c1-8(2)7-14-10-5-6-12(9(3)4)11(10)13/h8-10H,5-7H2,1-4H3. The second-order valence-electron chi connectivity index (χ2n) is 4.63. The zero-order valence-corrected chi connectivity index (χ0v) is 9.62. The molecule has 0 spiro atoms. The molecule has 1 aliphatic rings. The molecule has 0 radical (unpaired) electrons. The van der Waals surface area contributed by atoms with Crippen molar-refractivity contribution in [2.24, 2.45) is 5.92 Å². The normalized spacial score (nSPS) is 22.9. The van der Waals surface area contributed by atoms with E-state index in [-0.39, 0.29) is 12.0 Å². The first-order chi connectivity index (χ1) is 6.52. The van der Waals surface area contributed by atoms with Gasteiger partial charge in [-0.3, -0.25) is 4.79 Å². The first kappa shape index (κ1) is 11.5. The molecule has 1 heterocycles. The van der Waals surface area contributed by atoms with Crippen LogP contribution in [0.1, 0.15) is 34.1 Å². The number of hydrogen-bond donors (Lipinski definition) is 0. The lowest BCUT2D eigenvalue weighted by molar-refractivity contribution is -0.139. The van der Waals surface area contributed by atoms with Gasteiger partial charge in [0.25, 0.3) is 5.91 Å². The van der Waals surface area contributed by atoms with E-state index in [0.717, 1.165) is 13.0 Å². The van der Waals surface area contributed by atoms with Crippen LogP contribution in [0.2, 0.25) is 0 Å². The smallest absolute Gasteiger partial charge is 0.251 e. The fraction of sp³-hybridized carbons (Fsp3) is 0.909. The average molecular weight is 199 g/mol. The third-order valence-corrected chi connectivity index (χ3v) is 2.44. The van der Waals surface area contributed by atoms with Gasteiger partial charge in [-0.1, -0.05) is 13.8 Å². The predicted octanol–water partition coefficient (Wildman–Crippen LogP) is 1.67. The number of ether oxygens (including phenoxy) is 1. The summed E-state index contributed by atoms with van der Waals surface area (Å²) in [5.41, 5.74) is 0. The maximum Gasteiger partial charge on any atom is 0.251 e. The van der Waals surface area contributed by atoms with Gasteiger partial charge in [-0.05, 0) is 19.8 Å². The first-order valence-corrected chi connectivity index (χ1v) is 5.44. The summed E-state index contributed by atoms with van der Waals surface area (Å²) in [5.74, 6) is 0.663. The van der Waals surface area contributed by atoms with Crippen LogP contribution in [-0.4, -0.2) is 36.1 Å². The molecular formula is C11H21NO2. The number of rotatable bonds is 4. The Labute approximate surface area is 86.4 Å². The molecule has 1 unspecified atom stereocenters. The summed E-state index contributed by atoms with van der Waals surface area (Å²) < 4.78 is 5.57. The van der Waals surface area contributed by atoms with Gasteiger partial charge in [-0.25, -0.2) is 0 Å². The van der Waals surface area contributed by atoms with Crippen molar-refractivity contribution in [3.8, 4) is 0 Å². The van der Waals surface area contributed by atoms with Crippen molar-refractivity contribution in [1.29, 1.82) is 0 Å². The Morgan fingerprint density at radius 2 is 2.07 bits per heavy atom. The maximum absolute atomic E-state index is 11.8. The molecule has 1 aliphatic heterocycles. The van der Waals surface area contributed by atoms with Crippen molar-refractivity contribution in [2.45, 2.75) is 46.3 Å². The molecule has 1 atom stereocenters. The van der Waals surface area contributed by atoms with Gasteiger partial charge < -0.3 is 9.64 Å². The van der Waals surface area contributed by atoms with Gasteiger partial charge in [0.05, 0.1) is 0 Å². The molecule has 0 aliphatic carbocycles. The van der Waals surface area contributed by atoms with Crippen molar-refractivity contribution < 1.29 is 9.53 Å². The van der Waals surface area contributed by atoms with Crippen LogP contribution in [0.3, 0.4) is 0 Å². The van der Waals surface area contributed by atoms with Crippen LogP contribution < -0.4 is 0 Å². The molecule has 3 nitrogen and oxygen atoms in total. The van der Waals surface area contributed by atoms with Crippen LogP contribution in [0.25, 0.3) is 0 Å². The van der Waals surface area contributed by atoms with E-state index < -0.39 is 0 Å². The van der Waals surface area contributed by atoms with Crippen molar-refractivity contribution in [2.75, 3.05) is 13.2 Å². The number of carbonyl (C=O) groups excluding carboxylic acids is 1. The lowest BCUT2D eigenvalue weighted by Crippen LogP contribution is -2.36. The molecule has 1 saturated heterocycles. The molecule has 0 bridgehead atoms. The van der Waals surface area contributed by atoms with E-state index in [4.69, 9.17) is 4.74 Å². The van der Waals surface area contributed by atoms with E-state index in [1.807, 2.05) is 18.7 Å². The summed E-state index contributed by atoms with van der Waals surface area (Å²) in [7, 11) is 0. The fourth-order valence-electron chi connectivity index (χ4n) is 1.65. The number of likely N-dealkylation sites (tertiary alicyclic amines) is 1. The van der Waals surface area contributed by atoms with Crippen LogP contribution in [0.4, 0.5) is 0 Å². The molecular weight excluding hydrogens is 178 g/mol. The lowest BCUT2D eigenvalue weighted by Gasteiger charge is -2.21. The van der Waals surface area contributed by atoms with Crippen molar-refractivity contribution in [3.63, 3.8) is 0 Å². The molecule has 82 valence electrons. The fourth-order valence-corrected chi connectivity index (χ4v) is 1.65. The highest BCUT2D eigenvalue weighted by Crippen LogP contribution is 2.17. The summed E-state index contributed by atoms with van der Waals surface area (Å²) in [6, 6.07) is 0.301. The summed E-state index contributed by atoms with van der Waals surface area (Å²) in [6.07, 6.45) is 0.670. The Hall–Kier alpha value is -0.570. The van der Waals surface area contributed by atoms with Gasteiger partial charge in [0.1, 0.15) is 6.10 Å². The van der Waals surface area contributed by atoms with Crippen molar-refractivity contribution >= 4 is 5.91 Å². The minimum absolute atomic E-state index is 0.167. The molecule has 0 aromatic carbocycles. The van der Waals surface area contributed by atoms with Crippen molar-refractivity contribution in [1.82, 2.24) is 4.90 Å². The highest BCUT2D eigenvalue weighted by Gasteiger charge is 2.33. The summed E-state index contributed by atoms with van der Waals surface area (Å²) >= 11 is 0. The van der Waals surface area contributed by atoms with Gasteiger partial charge in [-0.15, -0.1) is 0 Å². The third kappa shape index (κ3) is 2.71. The van der Waals surface area contributed by atoms with Gasteiger partial charge in [-0.2, -0.15) is 0 Å². The number of amides is 1. The van der Waals surface area contributed by atoms with Crippen LogP contribution in [-0.2, 0) is 9.53 Å². The van der Waals surface area contributed by atoms with Crippen LogP contribution >= 0.6 is 0 Å². The largest absolute Gasteiger partial charge is 0.368 e. The first-order valence-electron chi connectivity index (χ1n) is 5.44. The number of hydrogen-bond acceptors (Lipinski definition) is 2. The molecule has 1 rings (SSSR count). The SMILES string of the molecule is CC(C)COC1CCN(C(C)C)C1=O. The quantitative estimate of drug-likeness (QED) is 0.689. The molecule has 0 aromatic heterocycles. The highest BCUT2D eigenvalue weighted by atomic mass is 16.5. The Morgan fingerprint density at radius 1 is 1.43 bits per heavy atom. The predicted molar refractivity (Wildman–Crippen MR) is 56.0 cm³/mol. The Morgan fingerprint density at radius 3 is 2.50 bits per heavy atom. The summed E-state index contributed by atoms with van der Waals surface area (Å²) in [6.45, 7) is 9.81. The Kier molecular flexibility index (Phi) is 3.93. The van der Waals surface area contributed by atoms with Gasteiger partial charge in [0.15, 0.2) is 0 Å². The second kappa shape index (κ2) is 4.78. The zero-order chi connectivity index (χ0) is 10.7. The molecule has 14 heavy (non-hydrogen) atoms. The highest BCUT2D eigenvalue weighted by molar-refractivity contribution is 5.83. The molecule has 0 saturated carbocycles. The van der Waals surface area contributed by atoms with Gasteiger partial charge >= 0.3 is 0 Å². The molecule has 0 aromatic rings. The molecule has 1 fully saturated rings.